The molecule has 6 nitrogen and oxygen atoms in total. The van der Waals surface area contributed by atoms with Gasteiger partial charge in [-0.2, -0.15) is 0 Å². The summed E-state index contributed by atoms with van der Waals surface area (Å²) in [5, 5.41) is 5.04. The first kappa shape index (κ1) is 17.3. The molecule has 4 amide bonds. The number of hydrogen-bond acceptors (Lipinski definition) is 3. The molecule has 0 unspecified atom stereocenters. The lowest BCUT2D eigenvalue weighted by Gasteiger charge is -2.12. The minimum Gasteiger partial charge on any atom is -0.325 e. The second kappa shape index (κ2) is 7.18. The summed E-state index contributed by atoms with van der Waals surface area (Å²) < 4.78 is 13.2. The van der Waals surface area contributed by atoms with Crippen molar-refractivity contribution in [3.63, 3.8) is 0 Å². The van der Waals surface area contributed by atoms with Crippen molar-refractivity contribution >= 4 is 29.6 Å². The van der Waals surface area contributed by atoms with Gasteiger partial charge in [-0.1, -0.05) is 24.3 Å². The Balaban J connectivity index is 1.70. The van der Waals surface area contributed by atoms with E-state index in [4.69, 9.17) is 0 Å². The molecule has 1 heterocycles. The lowest BCUT2D eigenvalue weighted by Crippen LogP contribution is -2.38. The quantitative estimate of drug-likeness (QED) is 0.655. The van der Waals surface area contributed by atoms with Crippen LogP contribution in [0.25, 0.3) is 6.08 Å². The smallest absolute Gasteiger partial charge is 0.325 e. The molecule has 3 rings (SSSR count). The molecule has 7 heteroatoms. The third kappa shape index (κ3) is 3.94. The molecule has 2 aromatic rings. The molecule has 0 bridgehead atoms. The van der Waals surface area contributed by atoms with E-state index >= 15 is 0 Å². The molecule has 132 valence electrons. The van der Waals surface area contributed by atoms with Crippen molar-refractivity contribution in [2.75, 3.05) is 11.9 Å². The molecule has 1 aliphatic heterocycles. The van der Waals surface area contributed by atoms with Gasteiger partial charge in [0.25, 0.3) is 5.91 Å². The SMILES string of the molecule is Cc1cccc(NC(=O)CN2C(=O)N/C(=C/c3cccc(F)c3)C2=O)c1. The maximum Gasteiger partial charge on any atom is 0.329 e. The van der Waals surface area contributed by atoms with Gasteiger partial charge in [0.15, 0.2) is 0 Å². The lowest BCUT2D eigenvalue weighted by atomic mass is 10.2. The first-order chi connectivity index (χ1) is 12.4. The maximum atomic E-state index is 13.2. The van der Waals surface area contributed by atoms with Crippen LogP contribution in [-0.4, -0.2) is 29.3 Å². The van der Waals surface area contributed by atoms with Crippen molar-refractivity contribution in [1.29, 1.82) is 0 Å². The van der Waals surface area contributed by atoms with E-state index in [9.17, 15) is 18.8 Å². The summed E-state index contributed by atoms with van der Waals surface area (Å²) in [6, 6.07) is 12.1. The van der Waals surface area contributed by atoms with Crippen LogP contribution >= 0.6 is 0 Å². The monoisotopic (exact) mass is 353 g/mol. The van der Waals surface area contributed by atoms with Crippen LogP contribution in [-0.2, 0) is 9.59 Å². The number of anilines is 1. The summed E-state index contributed by atoms with van der Waals surface area (Å²) in [5.74, 6) is -1.59. The molecule has 2 N–H and O–H groups in total. The summed E-state index contributed by atoms with van der Waals surface area (Å²) in [4.78, 5) is 37.3. The standard InChI is InChI=1S/C19H16FN3O3/c1-12-4-2-7-15(8-12)21-17(24)11-23-18(25)16(22-19(23)26)10-13-5-3-6-14(20)9-13/h2-10H,11H2,1H3,(H,21,24)(H,22,26)/b16-10+. The van der Waals surface area contributed by atoms with Crippen LogP contribution in [0.5, 0.6) is 0 Å². The van der Waals surface area contributed by atoms with Crippen molar-refractivity contribution in [2.24, 2.45) is 0 Å². The molecule has 0 spiro atoms. The van der Waals surface area contributed by atoms with E-state index in [0.717, 1.165) is 10.5 Å². The highest BCUT2D eigenvalue weighted by atomic mass is 19.1. The Morgan fingerprint density at radius 2 is 1.96 bits per heavy atom. The Morgan fingerprint density at radius 3 is 2.69 bits per heavy atom. The van der Waals surface area contributed by atoms with E-state index in [1.807, 2.05) is 13.0 Å². The Hall–Kier alpha value is -3.48. The highest BCUT2D eigenvalue weighted by Crippen LogP contribution is 2.15. The zero-order chi connectivity index (χ0) is 18.7. The van der Waals surface area contributed by atoms with Gasteiger partial charge in [-0.25, -0.2) is 14.1 Å². The predicted octanol–water partition coefficient (Wildman–Crippen LogP) is 2.67. The van der Waals surface area contributed by atoms with Crippen molar-refractivity contribution in [1.82, 2.24) is 10.2 Å². The fourth-order valence-corrected chi connectivity index (χ4v) is 2.55. The highest BCUT2D eigenvalue weighted by molar-refractivity contribution is 6.15. The molecule has 0 saturated carbocycles. The molecule has 0 radical (unpaired) electrons. The molecule has 0 atom stereocenters. The van der Waals surface area contributed by atoms with Crippen molar-refractivity contribution < 1.29 is 18.8 Å². The number of hydrogen-bond donors (Lipinski definition) is 2. The summed E-state index contributed by atoms with van der Waals surface area (Å²) >= 11 is 0. The second-order valence-corrected chi connectivity index (χ2v) is 5.85. The Morgan fingerprint density at radius 1 is 1.19 bits per heavy atom. The number of rotatable bonds is 4. The number of benzene rings is 2. The first-order valence-electron chi connectivity index (χ1n) is 7.89. The van der Waals surface area contributed by atoms with Crippen LogP contribution in [0.15, 0.2) is 54.2 Å². The van der Waals surface area contributed by atoms with E-state index in [1.165, 1.54) is 24.3 Å². The third-order valence-electron chi connectivity index (χ3n) is 3.73. The van der Waals surface area contributed by atoms with Gasteiger partial charge in [0.2, 0.25) is 5.91 Å². The van der Waals surface area contributed by atoms with Gasteiger partial charge in [0.1, 0.15) is 18.1 Å². The van der Waals surface area contributed by atoms with Gasteiger partial charge in [-0.3, -0.25) is 9.59 Å². The minimum absolute atomic E-state index is 0.0102. The average molecular weight is 353 g/mol. The van der Waals surface area contributed by atoms with Crippen LogP contribution in [0, 0.1) is 12.7 Å². The van der Waals surface area contributed by atoms with Gasteiger partial charge in [0, 0.05) is 5.69 Å². The molecular weight excluding hydrogens is 337 g/mol. The Kier molecular flexibility index (Phi) is 4.79. The Bertz CT molecular complexity index is 924. The van der Waals surface area contributed by atoms with E-state index in [-0.39, 0.29) is 5.70 Å². The van der Waals surface area contributed by atoms with Crippen molar-refractivity contribution in [3.05, 3.63) is 71.2 Å². The van der Waals surface area contributed by atoms with Gasteiger partial charge >= 0.3 is 6.03 Å². The van der Waals surface area contributed by atoms with E-state index in [0.29, 0.717) is 11.3 Å². The molecular formula is C19H16FN3O3. The number of carbonyl (C=O) groups excluding carboxylic acids is 3. The number of nitrogens with one attached hydrogen (secondary N) is 2. The van der Waals surface area contributed by atoms with Crippen LogP contribution in [0.1, 0.15) is 11.1 Å². The topological polar surface area (TPSA) is 78.5 Å². The summed E-state index contributed by atoms with van der Waals surface area (Å²) in [7, 11) is 0. The lowest BCUT2D eigenvalue weighted by molar-refractivity contribution is -0.127. The van der Waals surface area contributed by atoms with E-state index in [2.05, 4.69) is 10.6 Å². The maximum absolute atomic E-state index is 13.2. The Labute approximate surface area is 149 Å². The molecule has 0 aromatic heterocycles. The van der Waals surface area contributed by atoms with Gasteiger partial charge in [-0.05, 0) is 48.4 Å². The van der Waals surface area contributed by atoms with Gasteiger partial charge in [0.05, 0.1) is 0 Å². The first-order valence-corrected chi connectivity index (χ1v) is 7.89. The normalized spacial score (nSPS) is 15.3. The molecule has 1 fully saturated rings. The molecule has 26 heavy (non-hydrogen) atoms. The fraction of sp³-hybridized carbons (Fsp3) is 0.105. The molecule has 1 saturated heterocycles. The molecule has 0 aliphatic carbocycles. The van der Waals surface area contributed by atoms with E-state index in [1.54, 1.807) is 24.3 Å². The highest BCUT2D eigenvalue weighted by Gasteiger charge is 2.34. The average Bonchev–Trinajstić information content (AvgIpc) is 2.82. The third-order valence-corrected chi connectivity index (χ3v) is 3.73. The largest absolute Gasteiger partial charge is 0.329 e. The summed E-state index contributed by atoms with van der Waals surface area (Å²) in [5.41, 5.74) is 1.97. The number of imide groups is 1. The number of halogens is 1. The zero-order valence-electron chi connectivity index (χ0n) is 14.0. The van der Waals surface area contributed by atoms with Crippen molar-refractivity contribution in [3.8, 4) is 0 Å². The summed E-state index contributed by atoms with van der Waals surface area (Å²) in [6.07, 6.45) is 1.36. The van der Waals surface area contributed by atoms with Crippen LogP contribution in [0.4, 0.5) is 14.9 Å². The number of nitrogens with zero attached hydrogens (tertiary/aromatic N) is 1. The second-order valence-electron chi connectivity index (χ2n) is 5.85. The predicted molar refractivity (Wildman–Crippen MR) is 94.4 cm³/mol. The summed E-state index contributed by atoms with van der Waals surface area (Å²) in [6.45, 7) is 1.47. The van der Waals surface area contributed by atoms with E-state index < -0.39 is 30.2 Å². The van der Waals surface area contributed by atoms with Crippen LogP contribution in [0.3, 0.4) is 0 Å². The zero-order valence-corrected chi connectivity index (χ0v) is 14.0. The van der Waals surface area contributed by atoms with Crippen molar-refractivity contribution in [2.45, 2.75) is 6.92 Å². The number of amides is 4. The molecule has 2 aromatic carbocycles. The number of carbonyl (C=O) groups is 3. The van der Waals surface area contributed by atoms with Gasteiger partial charge in [-0.15, -0.1) is 0 Å². The van der Waals surface area contributed by atoms with Gasteiger partial charge < -0.3 is 10.6 Å². The fourth-order valence-electron chi connectivity index (χ4n) is 2.55. The number of urea groups is 1. The number of aryl methyl sites for hydroxylation is 1. The van der Waals surface area contributed by atoms with Crippen LogP contribution in [0.2, 0.25) is 0 Å². The molecule has 1 aliphatic rings. The minimum atomic E-state index is -0.697. The van der Waals surface area contributed by atoms with Crippen LogP contribution < -0.4 is 10.6 Å².